The van der Waals surface area contributed by atoms with Crippen molar-refractivity contribution in [3.63, 3.8) is 0 Å². The van der Waals surface area contributed by atoms with Crippen LogP contribution in [0.5, 0.6) is 5.75 Å². The van der Waals surface area contributed by atoms with Gasteiger partial charge in [-0.05, 0) is 77.9 Å². The summed E-state index contributed by atoms with van der Waals surface area (Å²) in [6.45, 7) is 8.04. The molecule has 1 saturated heterocycles. The molecule has 0 amide bonds. The zero-order valence-corrected chi connectivity index (χ0v) is 21.1. The number of nitrogens with one attached hydrogen (secondary N) is 1. The molecule has 2 atom stereocenters. The number of phenolic OH excluding ortho intramolecular Hbond substituents is 1. The number of hydrogen-bond donors (Lipinski definition) is 2. The van der Waals surface area contributed by atoms with Gasteiger partial charge in [-0.2, -0.15) is 0 Å². The van der Waals surface area contributed by atoms with Crippen LogP contribution in [-0.4, -0.2) is 56.6 Å². The van der Waals surface area contributed by atoms with E-state index in [1.807, 2.05) is 49.4 Å². The van der Waals surface area contributed by atoms with Crippen LogP contribution < -0.4 is 15.1 Å². The lowest BCUT2D eigenvalue weighted by Gasteiger charge is -2.39. The van der Waals surface area contributed by atoms with Crippen LogP contribution in [0.2, 0.25) is 0 Å². The van der Waals surface area contributed by atoms with Crippen LogP contribution in [-0.2, 0) is 6.42 Å². The maximum atomic E-state index is 12.7. The molecular weight excluding hydrogens is 468 g/mol. The molecule has 4 aromatic rings. The highest BCUT2D eigenvalue weighted by molar-refractivity contribution is 5.89. The summed E-state index contributed by atoms with van der Waals surface area (Å²) in [7, 11) is 0. The quantitative estimate of drug-likeness (QED) is 0.390. The fourth-order valence-corrected chi connectivity index (χ4v) is 4.64. The Kier molecular flexibility index (Phi) is 6.87. The number of aryl methyl sites for hydroxylation is 1. The smallest absolute Gasteiger partial charge is 0.365 e. The van der Waals surface area contributed by atoms with Gasteiger partial charge in [0.1, 0.15) is 5.75 Å². The molecule has 1 aliphatic heterocycles. The number of rotatable bonds is 6. The molecule has 1 aliphatic rings. The molecule has 0 spiro atoms. The first-order chi connectivity index (χ1) is 17.9. The number of carbonyl (C=O) groups excluding carboxylic acids is 1. The molecule has 0 bridgehead atoms. The van der Waals surface area contributed by atoms with Gasteiger partial charge >= 0.3 is 5.97 Å². The topological polar surface area (TPSA) is 105 Å². The minimum absolute atomic E-state index is 0.222. The van der Waals surface area contributed by atoms with E-state index in [4.69, 9.17) is 4.84 Å². The Morgan fingerprint density at radius 1 is 1.11 bits per heavy atom. The van der Waals surface area contributed by atoms with Crippen molar-refractivity contribution in [2.45, 2.75) is 39.3 Å². The second-order valence-electron chi connectivity index (χ2n) is 9.62. The molecule has 5 rings (SSSR count). The number of hydrogen-bond acceptors (Lipinski definition) is 8. The fraction of sp³-hybridized carbons (Fsp3) is 0.286. The molecule has 0 radical (unpaired) electrons. The molecule has 9 heteroatoms. The van der Waals surface area contributed by atoms with Crippen LogP contribution >= 0.6 is 0 Å². The van der Waals surface area contributed by atoms with Gasteiger partial charge in [-0.25, -0.2) is 4.79 Å². The Balaban J connectivity index is 1.42. The third-order valence-electron chi connectivity index (χ3n) is 6.61. The summed E-state index contributed by atoms with van der Waals surface area (Å²) in [5, 5.41) is 25.8. The van der Waals surface area contributed by atoms with E-state index in [1.165, 1.54) is 0 Å². The largest absolute Gasteiger partial charge is 0.508 e. The van der Waals surface area contributed by atoms with Crippen molar-refractivity contribution in [2.24, 2.45) is 0 Å². The molecule has 37 heavy (non-hydrogen) atoms. The highest BCUT2D eigenvalue weighted by Crippen LogP contribution is 2.30. The van der Waals surface area contributed by atoms with E-state index in [9.17, 15) is 9.90 Å². The van der Waals surface area contributed by atoms with Gasteiger partial charge in [0.15, 0.2) is 0 Å². The Morgan fingerprint density at radius 2 is 1.89 bits per heavy atom. The molecule has 1 fully saturated rings. The highest BCUT2D eigenvalue weighted by Gasteiger charge is 2.24. The monoisotopic (exact) mass is 498 g/mol. The van der Waals surface area contributed by atoms with Gasteiger partial charge in [-0.15, -0.1) is 5.10 Å². The summed E-state index contributed by atoms with van der Waals surface area (Å²) in [6.07, 6.45) is 0.534. The van der Waals surface area contributed by atoms with Crippen molar-refractivity contribution in [1.82, 2.24) is 25.7 Å². The number of anilines is 1. The maximum absolute atomic E-state index is 12.7. The molecule has 2 heterocycles. The second kappa shape index (κ2) is 10.4. The number of piperazine rings is 1. The maximum Gasteiger partial charge on any atom is 0.365 e. The van der Waals surface area contributed by atoms with Gasteiger partial charge < -0.3 is 20.2 Å². The van der Waals surface area contributed by atoms with Gasteiger partial charge in [0.25, 0.3) is 0 Å². The summed E-state index contributed by atoms with van der Waals surface area (Å²) < 4.78 is 0. The van der Waals surface area contributed by atoms with E-state index in [0.717, 1.165) is 45.9 Å². The Labute approximate surface area is 215 Å². The van der Waals surface area contributed by atoms with E-state index in [1.54, 1.807) is 18.2 Å². The first-order valence-electron chi connectivity index (χ1n) is 12.4. The average Bonchev–Trinajstić information content (AvgIpc) is 3.33. The minimum atomic E-state index is -0.553. The molecule has 3 aromatic carbocycles. The van der Waals surface area contributed by atoms with Crippen LogP contribution in [0.25, 0.3) is 11.4 Å². The average molecular weight is 499 g/mol. The lowest BCUT2D eigenvalue weighted by molar-refractivity contribution is 0.0393. The Hall–Kier alpha value is -4.24. The van der Waals surface area contributed by atoms with Crippen LogP contribution in [0.4, 0.5) is 5.69 Å². The Bertz CT molecular complexity index is 1400. The number of carbonyl (C=O) groups is 1. The molecule has 9 nitrogen and oxygen atoms in total. The summed E-state index contributed by atoms with van der Waals surface area (Å²) in [6, 6.07) is 21.2. The summed E-state index contributed by atoms with van der Waals surface area (Å²) in [4.78, 5) is 21.6. The van der Waals surface area contributed by atoms with Crippen molar-refractivity contribution in [1.29, 1.82) is 0 Å². The lowest BCUT2D eigenvalue weighted by atomic mass is 9.98. The predicted molar refractivity (Wildman–Crippen MR) is 141 cm³/mol. The van der Waals surface area contributed by atoms with Gasteiger partial charge in [0, 0.05) is 42.5 Å². The zero-order valence-electron chi connectivity index (χ0n) is 21.1. The molecular formula is C28H30N6O3. The number of nitrogens with zero attached hydrogens (tertiary/aromatic N) is 5. The predicted octanol–water partition coefficient (Wildman–Crippen LogP) is 3.40. The number of tetrazole rings is 1. The summed E-state index contributed by atoms with van der Waals surface area (Å²) in [5.41, 5.74) is 5.07. The van der Waals surface area contributed by atoms with Crippen molar-refractivity contribution in [3.8, 4) is 17.1 Å². The van der Waals surface area contributed by atoms with Gasteiger partial charge in [-0.1, -0.05) is 42.0 Å². The molecule has 0 unspecified atom stereocenters. The third kappa shape index (κ3) is 5.46. The van der Waals surface area contributed by atoms with Gasteiger partial charge in [0.05, 0.1) is 5.56 Å². The molecule has 190 valence electrons. The normalized spacial score (nSPS) is 17.5. The fourth-order valence-electron chi connectivity index (χ4n) is 4.64. The van der Waals surface area contributed by atoms with Gasteiger partial charge in [0.2, 0.25) is 5.82 Å². The van der Waals surface area contributed by atoms with Crippen LogP contribution in [0, 0.1) is 6.92 Å². The van der Waals surface area contributed by atoms with Gasteiger partial charge in [-0.3, -0.25) is 0 Å². The summed E-state index contributed by atoms with van der Waals surface area (Å²) in [5.74, 6) is -0.00996. The third-order valence-corrected chi connectivity index (χ3v) is 6.61. The van der Waals surface area contributed by atoms with Crippen LogP contribution in [0.15, 0.2) is 66.7 Å². The van der Waals surface area contributed by atoms with E-state index in [2.05, 4.69) is 45.7 Å². The first-order valence-corrected chi connectivity index (χ1v) is 12.4. The lowest BCUT2D eigenvalue weighted by Crippen LogP contribution is -2.54. The number of aromatic nitrogens is 4. The van der Waals surface area contributed by atoms with Crippen LogP contribution in [0.3, 0.4) is 0 Å². The SMILES string of the molecule is Cc1ccc(C(=O)On2nnnc2-c2ccccc2Cc2cc(O)cc(N3C[C@@H](C)NC[C@@H]3C)c2)cc1. The Morgan fingerprint density at radius 3 is 2.70 bits per heavy atom. The standard InChI is InChI=1S/C28H30N6O3/c1-18-8-10-22(11-9-18)28(36)37-34-27(30-31-32-34)26-7-5-4-6-23(26)12-21-13-24(15-25(35)14-21)33-17-19(2)29-16-20(33)3/h4-11,13-15,19-20,29,35H,12,16-17H2,1-3H3/t19-,20+/m1/s1. The first kappa shape index (κ1) is 24.5. The highest BCUT2D eigenvalue weighted by atomic mass is 16.7. The summed E-state index contributed by atoms with van der Waals surface area (Å²) >= 11 is 0. The van der Waals surface area contributed by atoms with Crippen molar-refractivity contribution < 1.29 is 14.7 Å². The van der Waals surface area contributed by atoms with Crippen molar-refractivity contribution >= 4 is 11.7 Å². The van der Waals surface area contributed by atoms with E-state index >= 15 is 0 Å². The minimum Gasteiger partial charge on any atom is -0.508 e. The molecule has 2 N–H and O–H groups in total. The molecule has 1 aromatic heterocycles. The van der Waals surface area contributed by atoms with Crippen LogP contribution in [0.1, 0.15) is 40.9 Å². The van der Waals surface area contributed by atoms with E-state index in [-0.39, 0.29) is 5.75 Å². The second-order valence-corrected chi connectivity index (χ2v) is 9.62. The zero-order chi connectivity index (χ0) is 25.9. The molecule has 0 aliphatic carbocycles. The van der Waals surface area contributed by atoms with E-state index in [0.29, 0.717) is 29.9 Å². The number of benzene rings is 3. The van der Waals surface area contributed by atoms with Crippen molar-refractivity contribution in [3.05, 3.63) is 89.0 Å². The number of aromatic hydroxyl groups is 1. The van der Waals surface area contributed by atoms with E-state index < -0.39 is 5.97 Å². The van der Waals surface area contributed by atoms with Crippen molar-refractivity contribution in [2.75, 3.05) is 18.0 Å². The number of phenols is 1. The molecule has 0 saturated carbocycles.